The lowest BCUT2D eigenvalue weighted by atomic mass is 9.69. The zero-order valence-electron chi connectivity index (χ0n) is 32.6. The highest BCUT2D eigenvalue weighted by Gasteiger charge is 2.30. The SMILES string of the molecule is C=C(C)C(=C)CCCCc1cc(C2CCC(C3CCCCC3)CC2)cc(CCCCC(=O)C(=C)C)c1CCCC(CC)(CC)CCCC. The summed E-state index contributed by atoms with van der Waals surface area (Å²) in [6.07, 6.45) is 31.9. The van der Waals surface area contributed by atoms with Gasteiger partial charge in [-0.25, -0.2) is 0 Å². The number of allylic oxidation sites excluding steroid dienone is 3. The molecule has 0 unspecified atom stereocenters. The summed E-state index contributed by atoms with van der Waals surface area (Å²) in [6, 6.07) is 5.35. The number of unbranched alkanes of at least 4 members (excludes halogenated alkanes) is 3. The number of aryl methyl sites for hydroxylation is 2. The number of benzene rings is 1. The minimum absolute atomic E-state index is 0.235. The number of ketones is 1. The van der Waals surface area contributed by atoms with Crippen molar-refractivity contribution in [3.8, 4) is 0 Å². The van der Waals surface area contributed by atoms with E-state index in [1.807, 2.05) is 6.92 Å². The summed E-state index contributed by atoms with van der Waals surface area (Å²) in [5.74, 6) is 2.92. The summed E-state index contributed by atoms with van der Waals surface area (Å²) in [7, 11) is 0. The monoisotopic (exact) mass is 657 g/mol. The Bertz CT molecular complexity index is 1090. The molecule has 0 heterocycles. The van der Waals surface area contributed by atoms with Crippen molar-refractivity contribution < 1.29 is 4.79 Å². The van der Waals surface area contributed by atoms with Crippen LogP contribution in [0.25, 0.3) is 0 Å². The van der Waals surface area contributed by atoms with Crippen molar-refractivity contribution in [2.45, 2.75) is 201 Å². The van der Waals surface area contributed by atoms with Crippen LogP contribution in [-0.2, 0) is 24.1 Å². The van der Waals surface area contributed by atoms with Crippen molar-refractivity contribution in [1.82, 2.24) is 0 Å². The van der Waals surface area contributed by atoms with E-state index in [4.69, 9.17) is 0 Å². The predicted octanol–water partition coefficient (Wildman–Crippen LogP) is 14.6. The van der Waals surface area contributed by atoms with Crippen molar-refractivity contribution in [2.75, 3.05) is 0 Å². The highest BCUT2D eigenvalue weighted by atomic mass is 16.1. The molecule has 3 rings (SSSR count). The molecule has 1 aromatic carbocycles. The molecule has 2 aliphatic carbocycles. The maximum atomic E-state index is 12.4. The first-order valence-electron chi connectivity index (χ1n) is 20.8. The Morgan fingerprint density at radius 2 is 1.23 bits per heavy atom. The molecule has 0 N–H and O–H groups in total. The van der Waals surface area contributed by atoms with Crippen LogP contribution in [0.15, 0.2) is 48.6 Å². The third kappa shape index (κ3) is 12.8. The number of Topliss-reactive ketones (excluding diaryl/α,β-unsaturated/α-hetero) is 1. The first-order chi connectivity index (χ1) is 23.1. The second kappa shape index (κ2) is 21.4. The molecule has 0 radical (unpaired) electrons. The number of carbonyl (C=O) groups excluding carboxylic acids is 1. The number of hydrogen-bond donors (Lipinski definition) is 0. The van der Waals surface area contributed by atoms with E-state index in [1.54, 1.807) is 22.3 Å². The third-order valence-corrected chi connectivity index (χ3v) is 13.1. The fourth-order valence-electron chi connectivity index (χ4n) is 9.31. The lowest BCUT2D eigenvalue weighted by Crippen LogP contribution is -2.23. The van der Waals surface area contributed by atoms with Gasteiger partial charge in [0.15, 0.2) is 5.78 Å². The van der Waals surface area contributed by atoms with Gasteiger partial charge in [0.1, 0.15) is 0 Å². The Hall–Kier alpha value is -1.89. The molecule has 270 valence electrons. The molecular formula is C47H76O. The maximum Gasteiger partial charge on any atom is 0.157 e. The molecule has 1 aromatic rings. The van der Waals surface area contributed by atoms with Crippen LogP contribution in [0.5, 0.6) is 0 Å². The summed E-state index contributed by atoms with van der Waals surface area (Å²) in [4.78, 5) is 12.4. The van der Waals surface area contributed by atoms with E-state index in [2.05, 4.69) is 59.6 Å². The first kappa shape index (κ1) is 40.5. The van der Waals surface area contributed by atoms with E-state index >= 15 is 0 Å². The van der Waals surface area contributed by atoms with Gasteiger partial charge in [0.05, 0.1) is 0 Å². The summed E-state index contributed by atoms with van der Waals surface area (Å²) in [5, 5.41) is 0. The second-order valence-corrected chi connectivity index (χ2v) is 16.5. The normalized spacial score (nSPS) is 18.9. The van der Waals surface area contributed by atoms with Crippen molar-refractivity contribution in [2.24, 2.45) is 17.3 Å². The Kier molecular flexibility index (Phi) is 18.0. The van der Waals surface area contributed by atoms with Gasteiger partial charge in [0, 0.05) is 6.42 Å². The largest absolute Gasteiger partial charge is 0.295 e. The van der Waals surface area contributed by atoms with E-state index in [0.29, 0.717) is 23.3 Å². The van der Waals surface area contributed by atoms with Crippen LogP contribution < -0.4 is 0 Å². The molecule has 0 bridgehead atoms. The summed E-state index contributed by atoms with van der Waals surface area (Å²) < 4.78 is 0. The van der Waals surface area contributed by atoms with Gasteiger partial charge >= 0.3 is 0 Å². The first-order valence-corrected chi connectivity index (χ1v) is 20.8. The van der Waals surface area contributed by atoms with E-state index in [0.717, 1.165) is 43.1 Å². The highest BCUT2D eigenvalue weighted by Crippen LogP contribution is 2.44. The third-order valence-electron chi connectivity index (χ3n) is 13.1. The molecule has 2 saturated carbocycles. The van der Waals surface area contributed by atoms with Crippen LogP contribution in [0, 0.1) is 17.3 Å². The average molecular weight is 657 g/mol. The van der Waals surface area contributed by atoms with Gasteiger partial charge in [-0.05, 0) is 161 Å². The fourth-order valence-corrected chi connectivity index (χ4v) is 9.31. The minimum Gasteiger partial charge on any atom is -0.295 e. The topological polar surface area (TPSA) is 17.1 Å². The quantitative estimate of drug-likeness (QED) is 0.0651. The van der Waals surface area contributed by atoms with Gasteiger partial charge in [-0.15, -0.1) is 0 Å². The molecule has 0 aliphatic heterocycles. The zero-order valence-corrected chi connectivity index (χ0v) is 32.6. The second-order valence-electron chi connectivity index (χ2n) is 16.5. The molecule has 0 atom stereocenters. The van der Waals surface area contributed by atoms with Gasteiger partial charge < -0.3 is 0 Å². The van der Waals surface area contributed by atoms with Gasteiger partial charge in [-0.1, -0.05) is 122 Å². The number of rotatable bonds is 23. The van der Waals surface area contributed by atoms with Crippen LogP contribution in [0.2, 0.25) is 0 Å². The summed E-state index contributed by atoms with van der Waals surface area (Å²) >= 11 is 0. The summed E-state index contributed by atoms with van der Waals surface area (Å²) in [6.45, 7) is 23.5. The Labute approximate surface area is 298 Å². The van der Waals surface area contributed by atoms with Crippen molar-refractivity contribution >= 4 is 5.78 Å². The van der Waals surface area contributed by atoms with Crippen LogP contribution >= 0.6 is 0 Å². The Morgan fingerprint density at radius 1 is 0.667 bits per heavy atom. The Morgan fingerprint density at radius 3 is 1.77 bits per heavy atom. The van der Waals surface area contributed by atoms with E-state index in [1.165, 1.54) is 134 Å². The van der Waals surface area contributed by atoms with Gasteiger partial charge in [-0.3, -0.25) is 4.79 Å². The molecule has 2 aliphatic rings. The summed E-state index contributed by atoms with van der Waals surface area (Å²) in [5.41, 5.74) is 10.1. The zero-order chi connectivity index (χ0) is 34.9. The molecule has 48 heavy (non-hydrogen) atoms. The van der Waals surface area contributed by atoms with Crippen LogP contribution in [0.4, 0.5) is 0 Å². The van der Waals surface area contributed by atoms with Crippen molar-refractivity contribution in [3.05, 3.63) is 70.8 Å². The van der Waals surface area contributed by atoms with Crippen LogP contribution in [0.1, 0.15) is 204 Å². The standard InChI is InChI=1S/C47H76O/c1-9-12-32-47(10-2,11-3)33-20-26-45-42(24-17-16-21-38(8)36(4)5)34-44(35-43(45)25-18-19-27-46(48)37(6)7)41-30-28-40(29-31-41)39-22-14-13-15-23-39/h34-35,39-41H,4,6,8-33H2,1-3,5,7H3. The molecule has 0 spiro atoms. The van der Waals surface area contributed by atoms with Crippen molar-refractivity contribution in [1.29, 1.82) is 0 Å². The van der Waals surface area contributed by atoms with E-state index in [-0.39, 0.29) is 5.78 Å². The molecule has 0 saturated heterocycles. The Balaban J connectivity index is 1.86. The van der Waals surface area contributed by atoms with E-state index in [9.17, 15) is 4.79 Å². The minimum atomic E-state index is 0.235. The smallest absolute Gasteiger partial charge is 0.157 e. The molecule has 0 amide bonds. The lowest BCUT2D eigenvalue weighted by Gasteiger charge is -2.36. The highest BCUT2D eigenvalue weighted by molar-refractivity contribution is 5.93. The molecule has 2 fully saturated rings. The van der Waals surface area contributed by atoms with Crippen LogP contribution in [0.3, 0.4) is 0 Å². The van der Waals surface area contributed by atoms with Crippen LogP contribution in [-0.4, -0.2) is 5.78 Å². The lowest BCUT2D eigenvalue weighted by molar-refractivity contribution is -0.115. The van der Waals surface area contributed by atoms with Gasteiger partial charge in [-0.2, -0.15) is 0 Å². The number of hydrogen-bond acceptors (Lipinski definition) is 1. The molecule has 1 heteroatoms. The predicted molar refractivity (Wildman–Crippen MR) is 212 cm³/mol. The molecular weight excluding hydrogens is 581 g/mol. The van der Waals surface area contributed by atoms with Crippen molar-refractivity contribution in [3.63, 3.8) is 0 Å². The number of carbonyl (C=O) groups is 1. The van der Waals surface area contributed by atoms with Gasteiger partial charge in [0.2, 0.25) is 0 Å². The maximum absolute atomic E-state index is 12.4. The van der Waals surface area contributed by atoms with Gasteiger partial charge in [0.25, 0.3) is 0 Å². The molecule has 0 aromatic heterocycles. The molecule has 1 nitrogen and oxygen atoms in total. The van der Waals surface area contributed by atoms with E-state index < -0.39 is 0 Å². The fraction of sp³-hybridized carbons (Fsp3) is 0.723. The average Bonchev–Trinajstić information content (AvgIpc) is 3.10.